The van der Waals surface area contributed by atoms with Crippen LogP contribution in [0.4, 0.5) is 0 Å². The maximum atomic E-state index is 13.2. The van der Waals surface area contributed by atoms with Gasteiger partial charge in [0.05, 0.1) is 17.9 Å². The molecule has 0 amide bonds. The highest BCUT2D eigenvalue weighted by atomic mass is 79.9. The summed E-state index contributed by atoms with van der Waals surface area (Å²) in [5, 5.41) is 0. The molecule has 5 nitrogen and oxygen atoms in total. The fraction of sp³-hybridized carbons (Fsp3) is 0.261. The maximum Gasteiger partial charge on any atom is 0.188 e. The second-order valence-electron chi connectivity index (χ2n) is 6.89. The van der Waals surface area contributed by atoms with E-state index < -0.39 is 0 Å². The van der Waals surface area contributed by atoms with Gasteiger partial charge in [0, 0.05) is 36.9 Å². The predicted molar refractivity (Wildman–Crippen MR) is 147 cm³/mol. The molecule has 2 aromatic carbocycles. The molecule has 0 bridgehead atoms. The molecule has 0 spiro atoms. The lowest BCUT2D eigenvalue weighted by Gasteiger charge is -2.17. The fourth-order valence-corrected chi connectivity index (χ4v) is 6.93. The van der Waals surface area contributed by atoms with Crippen LogP contribution in [-0.2, 0) is 14.3 Å². The molecule has 0 radical (unpaired) electrons. The number of ether oxygens (including phenoxy) is 4. The zero-order chi connectivity index (χ0) is 24.0. The third-order valence-electron chi connectivity index (χ3n) is 4.46. The Morgan fingerprint density at radius 2 is 1.12 bits per heavy atom. The highest BCUT2D eigenvalue weighted by Gasteiger charge is 2.22. The first kappa shape index (κ1) is 27.0. The summed E-state index contributed by atoms with van der Waals surface area (Å²) >= 11 is 15.8. The minimum Gasteiger partial charge on any atom is -0.465 e. The van der Waals surface area contributed by atoms with Crippen molar-refractivity contribution in [1.29, 1.82) is 0 Å². The summed E-state index contributed by atoms with van der Waals surface area (Å²) in [7, 11) is 3.14. The van der Waals surface area contributed by atoms with Crippen LogP contribution in [0.25, 0.3) is 12.2 Å². The second kappa shape index (κ2) is 12.9. The molecule has 1 aliphatic rings. The van der Waals surface area contributed by atoms with Crippen LogP contribution in [0.15, 0.2) is 53.3 Å². The van der Waals surface area contributed by atoms with E-state index in [-0.39, 0.29) is 19.4 Å². The SMILES string of the molecule is COCOc1c(Br)cc(/C=C2\CSC/C(=C\c3cc(Br)c(OCOC)c(Br)c3)C2=O)cc1Br. The van der Waals surface area contributed by atoms with Crippen molar-refractivity contribution in [3.8, 4) is 11.5 Å². The number of carbonyl (C=O) groups excluding carboxylic acids is 1. The molecule has 176 valence electrons. The van der Waals surface area contributed by atoms with Crippen molar-refractivity contribution in [1.82, 2.24) is 0 Å². The van der Waals surface area contributed by atoms with Crippen molar-refractivity contribution < 1.29 is 23.7 Å². The first-order valence-corrected chi connectivity index (χ1v) is 13.9. The third-order valence-corrected chi connectivity index (χ3v) is 7.85. The standard InChI is InChI=1S/C23H20Br4O5S/c1-29-11-31-22-17(24)5-13(6-18(22)25)3-15-9-33-10-16(21(15)28)4-14-7-19(26)23(20(27)8-14)32-12-30-2/h3-8H,9-12H2,1-2H3/b15-3+,16-4+. The van der Waals surface area contributed by atoms with Gasteiger partial charge in [-0.1, -0.05) is 0 Å². The zero-order valence-electron chi connectivity index (χ0n) is 17.8. The Balaban J connectivity index is 1.85. The number of benzene rings is 2. The van der Waals surface area contributed by atoms with Gasteiger partial charge in [0.15, 0.2) is 30.9 Å². The van der Waals surface area contributed by atoms with Crippen LogP contribution in [0.2, 0.25) is 0 Å². The van der Waals surface area contributed by atoms with E-state index in [1.165, 1.54) is 0 Å². The van der Waals surface area contributed by atoms with Crippen LogP contribution in [0.1, 0.15) is 11.1 Å². The number of rotatable bonds is 8. The molecule has 0 N–H and O–H groups in total. The molecule has 1 aliphatic heterocycles. The number of thioether (sulfide) groups is 1. The Labute approximate surface area is 230 Å². The van der Waals surface area contributed by atoms with E-state index in [9.17, 15) is 4.79 Å². The van der Waals surface area contributed by atoms with Gasteiger partial charge in [0.2, 0.25) is 0 Å². The van der Waals surface area contributed by atoms with Gasteiger partial charge in [-0.3, -0.25) is 4.79 Å². The molecule has 0 aliphatic carbocycles. The van der Waals surface area contributed by atoms with Crippen molar-refractivity contribution >= 4 is 93.4 Å². The molecule has 0 saturated carbocycles. The molecule has 0 aromatic heterocycles. The lowest BCUT2D eigenvalue weighted by atomic mass is 10.0. The summed E-state index contributed by atoms with van der Waals surface area (Å²) in [6, 6.07) is 7.69. The molecule has 3 rings (SSSR count). The molecular weight excluding hydrogens is 708 g/mol. The first-order valence-electron chi connectivity index (χ1n) is 9.59. The molecule has 0 unspecified atom stereocenters. The van der Waals surface area contributed by atoms with Crippen molar-refractivity contribution in [2.45, 2.75) is 0 Å². The van der Waals surface area contributed by atoms with E-state index in [0.717, 1.165) is 40.2 Å². The van der Waals surface area contributed by atoms with Crippen molar-refractivity contribution in [3.63, 3.8) is 0 Å². The Morgan fingerprint density at radius 3 is 1.45 bits per heavy atom. The number of hydrogen-bond donors (Lipinski definition) is 0. The highest BCUT2D eigenvalue weighted by molar-refractivity contribution is 9.11. The normalized spacial score (nSPS) is 16.5. The van der Waals surface area contributed by atoms with Gasteiger partial charge in [-0.2, -0.15) is 11.8 Å². The summed E-state index contributed by atoms with van der Waals surface area (Å²) in [6.45, 7) is 0.291. The average molecular weight is 728 g/mol. The molecular formula is C23H20Br4O5S. The maximum absolute atomic E-state index is 13.2. The van der Waals surface area contributed by atoms with Crippen molar-refractivity contribution in [3.05, 3.63) is 64.4 Å². The van der Waals surface area contributed by atoms with E-state index in [1.54, 1.807) is 26.0 Å². The summed E-state index contributed by atoms with van der Waals surface area (Å²) < 4.78 is 24.2. The average Bonchev–Trinajstić information content (AvgIpc) is 2.75. The largest absolute Gasteiger partial charge is 0.465 e. The predicted octanol–water partition coefficient (Wildman–Crippen LogP) is 7.48. The Hall–Kier alpha value is -0.620. The van der Waals surface area contributed by atoms with Gasteiger partial charge in [0.25, 0.3) is 0 Å². The molecule has 33 heavy (non-hydrogen) atoms. The molecule has 10 heteroatoms. The quantitative estimate of drug-likeness (QED) is 0.208. The molecule has 1 saturated heterocycles. The topological polar surface area (TPSA) is 54.0 Å². The number of hydrogen-bond acceptors (Lipinski definition) is 6. The second-order valence-corrected chi connectivity index (χ2v) is 11.3. The Bertz CT molecular complexity index is 971. The number of methoxy groups -OCH3 is 2. The van der Waals surface area contributed by atoms with Crippen molar-refractivity contribution in [2.75, 3.05) is 39.3 Å². The number of ketones is 1. The number of Topliss-reactive ketones (excluding diaryl/α,β-unsaturated/α-hetero) is 1. The smallest absolute Gasteiger partial charge is 0.188 e. The summed E-state index contributed by atoms with van der Waals surface area (Å²) in [5.41, 5.74) is 3.29. The van der Waals surface area contributed by atoms with E-state index in [2.05, 4.69) is 63.7 Å². The van der Waals surface area contributed by atoms with Gasteiger partial charge in [-0.15, -0.1) is 0 Å². The Morgan fingerprint density at radius 1 is 0.758 bits per heavy atom. The minimum absolute atomic E-state index is 0.0488. The van der Waals surface area contributed by atoms with Gasteiger partial charge in [-0.05, 0) is 111 Å². The fourth-order valence-electron chi connectivity index (χ4n) is 3.06. The number of halogens is 4. The summed E-state index contributed by atoms with van der Waals surface area (Å²) in [4.78, 5) is 13.2. The van der Waals surface area contributed by atoms with E-state index in [0.29, 0.717) is 23.0 Å². The molecule has 1 fully saturated rings. The lowest BCUT2D eigenvalue weighted by Crippen LogP contribution is -2.16. The van der Waals surface area contributed by atoms with Crippen LogP contribution in [0, 0.1) is 0 Å². The van der Waals surface area contributed by atoms with Crippen LogP contribution >= 0.6 is 75.5 Å². The highest BCUT2D eigenvalue weighted by Crippen LogP contribution is 2.38. The van der Waals surface area contributed by atoms with Gasteiger partial charge >= 0.3 is 0 Å². The summed E-state index contributed by atoms with van der Waals surface area (Å²) in [6.07, 6.45) is 3.84. The van der Waals surface area contributed by atoms with Crippen LogP contribution < -0.4 is 9.47 Å². The lowest BCUT2D eigenvalue weighted by molar-refractivity contribution is -0.112. The minimum atomic E-state index is 0.0488. The molecule has 0 atom stereocenters. The summed E-state index contributed by atoms with van der Waals surface area (Å²) in [5.74, 6) is 2.67. The van der Waals surface area contributed by atoms with Gasteiger partial charge in [0.1, 0.15) is 0 Å². The van der Waals surface area contributed by atoms with Crippen LogP contribution in [-0.4, -0.2) is 45.1 Å². The Kier molecular flexibility index (Phi) is 10.5. The van der Waals surface area contributed by atoms with E-state index in [4.69, 9.17) is 18.9 Å². The molecule has 2 aromatic rings. The van der Waals surface area contributed by atoms with Crippen molar-refractivity contribution in [2.24, 2.45) is 0 Å². The van der Waals surface area contributed by atoms with Crippen LogP contribution in [0.5, 0.6) is 11.5 Å². The monoisotopic (exact) mass is 724 g/mol. The zero-order valence-corrected chi connectivity index (χ0v) is 24.9. The van der Waals surface area contributed by atoms with E-state index >= 15 is 0 Å². The van der Waals surface area contributed by atoms with E-state index in [1.807, 2.05) is 36.4 Å². The first-order chi connectivity index (χ1) is 15.8. The number of carbonyl (C=O) groups is 1. The molecule has 1 heterocycles. The van der Waals surface area contributed by atoms with Gasteiger partial charge < -0.3 is 18.9 Å². The van der Waals surface area contributed by atoms with Crippen LogP contribution in [0.3, 0.4) is 0 Å². The third kappa shape index (κ3) is 7.19. The van der Waals surface area contributed by atoms with Gasteiger partial charge in [-0.25, -0.2) is 0 Å².